The van der Waals surface area contributed by atoms with Gasteiger partial charge in [0.15, 0.2) is 46.0 Å². The zero-order chi connectivity index (χ0) is 71.0. The number of rotatable bonds is 27. The third-order valence-electron chi connectivity index (χ3n) is 14.8. The summed E-state index contributed by atoms with van der Waals surface area (Å²) in [6.45, 7) is -2.81. The first-order chi connectivity index (χ1) is 47.0. The van der Waals surface area contributed by atoms with Gasteiger partial charge in [0.2, 0.25) is 24.8 Å². The van der Waals surface area contributed by atoms with Gasteiger partial charge >= 0.3 is 25.5 Å². The number of non-ortho nitro benzene ring substituents is 1. The number of halogens is 8. The van der Waals surface area contributed by atoms with Crippen LogP contribution >= 0.6 is 46.4 Å². The number of ether oxygens (including phenoxy) is 12. The number of methoxy groups -OCH3 is 4. The van der Waals surface area contributed by atoms with Gasteiger partial charge in [-0.25, -0.2) is 9.59 Å². The molecular formula is C67H73Cl4F4N5O18+2. The lowest BCUT2D eigenvalue weighted by molar-refractivity contribution is -0.904. The number of alkyl halides is 4. The van der Waals surface area contributed by atoms with Crippen LogP contribution in [-0.4, -0.2) is 108 Å². The van der Waals surface area contributed by atoms with Crippen LogP contribution in [0.3, 0.4) is 0 Å². The summed E-state index contributed by atoms with van der Waals surface area (Å²) in [5, 5.41) is 30.7. The Balaban J connectivity index is 0.000000222. The Labute approximate surface area is 581 Å². The lowest BCUT2D eigenvalue weighted by Gasteiger charge is -2.24. The van der Waals surface area contributed by atoms with Crippen molar-refractivity contribution < 1.29 is 109 Å². The maximum atomic E-state index is 13.3. The third kappa shape index (κ3) is 24.0. The quantitative estimate of drug-likeness (QED) is 0.00821. The van der Waals surface area contributed by atoms with Crippen LogP contribution in [0.5, 0.6) is 51.7 Å². The molecule has 0 unspecified atom stereocenters. The molecule has 23 nitrogen and oxygen atoms in total. The number of nitro groups is 1. The third-order valence-corrected chi connectivity index (χ3v) is 16.1. The first-order valence-corrected chi connectivity index (χ1v) is 31.8. The zero-order valence-electron chi connectivity index (χ0n) is 53.7. The van der Waals surface area contributed by atoms with Gasteiger partial charge in [-0.05, 0) is 133 Å². The number of pyridine rings is 2. The van der Waals surface area contributed by atoms with E-state index in [2.05, 4.69) is 9.47 Å². The SMILES string of the molecule is C1CCOC1.COc1ccc(CN(C)C(=O)O[C@@H](Cc2c(Cl)c[n+](O)cc2Cl)c2ccc(OC(F)F)c(OCC3CC3)c2)cc1OC.COc1ccc(CN)cc1OC.O=C(Oc1ccc([N+](=O)[O-])cc1)O[C@@H](Cc1c(Cl)c[n+](O)cc1Cl)c1ccc(OC(F)F)c(OCC2CC2)c1. The number of aromatic nitrogens is 2. The van der Waals surface area contributed by atoms with Crippen molar-refractivity contribution in [3.05, 3.63) is 185 Å². The molecular weight excluding hydrogens is 1380 g/mol. The first kappa shape index (κ1) is 76.5. The van der Waals surface area contributed by atoms with E-state index in [4.69, 9.17) is 99.5 Å². The molecule has 5 aromatic carbocycles. The smallest absolute Gasteiger partial charge is 0.493 e. The molecule has 98 heavy (non-hydrogen) atoms. The van der Waals surface area contributed by atoms with Crippen molar-refractivity contribution in [1.29, 1.82) is 0 Å². The normalized spacial score (nSPS) is 13.6. The molecule has 3 heterocycles. The van der Waals surface area contributed by atoms with Crippen molar-refractivity contribution in [2.24, 2.45) is 17.6 Å². The Morgan fingerprint density at radius 2 is 1.02 bits per heavy atom. The molecule has 0 bridgehead atoms. The molecule has 528 valence electrons. The van der Waals surface area contributed by atoms with E-state index < -0.39 is 42.6 Å². The summed E-state index contributed by atoms with van der Waals surface area (Å²) in [4.78, 5) is 37.6. The molecule has 0 radical (unpaired) electrons. The highest BCUT2D eigenvalue weighted by Crippen LogP contribution is 2.41. The number of nitrogens with two attached hydrogens (primary N) is 1. The van der Waals surface area contributed by atoms with E-state index in [0.717, 1.165) is 73.7 Å². The van der Waals surface area contributed by atoms with Gasteiger partial charge in [0.25, 0.3) is 5.69 Å². The molecule has 3 aliphatic rings. The molecule has 7 aromatic rings. The lowest BCUT2D eigenvalue weighted by Crippen LogP contribution is -2.30. The molecule has 2 aromatic heterocycles. The molecule has 2 aliphatic carbocycles. The first-order valence-electron chi connectivity index (χ1n) is 30.3. The fourth-order valence-electron chi connectivity index (χ4n) is 9.26. The Kier molecular flexibility index (Phi) is 29.5. The Hall–Kier alpha value is -8.86. The number of amides is 1. The lowest BCUT2D eigenvalue weighted by atomic mass is 10.0. The summed E-state index contributed by atoms with van der Waals surface area (Å²) in [7, 11) is 7.83. The monoisotopic (exact) mass is 1450 g/mol. The van der Waals surface area contributed by atoms with Crippen molar-refractivity contribution in [3.63, 3.8) is 0 Å². The number of hydrogen-bond acceptors (Lipinski definition) is 19. The molecule has 0 spiro atoms. The average Bonchev–Trinajstić information content (AvgIpc) is 0.895. The summed E-state index contributed by atoms with van der Waals surface area (Å²) < 4.78 is 117. The van der Waals surface area contributed by atoms with E-state index in [-0.39, 0.29) is 73.9 Å². The van der Waals surface area contributed by atoms with Crippen molar-refractivity contribution in [3.8, 4) is 51.7 Å². The van der Waals surface area contributed by atoms with E-state index in [1.807, 2.05) is 18.2 Å². The summed E-state index contributed by atoms with van der Waals surface area (Å²) in [6.07, 6.45) is 7.27. The van der Waals surface area contributed by atoms with Crippen molar-refractivity contribution >= 4 is 64.3 Å². The standard InChI is InChI=1S/C29H31Cl2F2N2O7.C25H21Cl2F2N2O8.C9H13NO2.C4H8O/c1-34(13-18-6-8-23(38-2)26(10-18)39-3)29(36)42-25(12-20-21(30)14-35(37)15-22(20)31)19-7-9-24(41-28(32)33)27(11-19)40-16-17-4-5-17;26-19-11-30(33)12-20(27)18(19)10-22(39-25(32)37-17-6-4-16(5-7-17)31(34)35)15-3-8-21(38-24(28)29)23(9-15)36-13-14-1-2-14;1-11-8-4-3-7(6-10)5-9(8)12-2;1-2-4-5-3-1/h6-11,14-15,17,25,28,37H,4-5,12-13,16H2,1-3H3;3-9,11-12,14,22,24,33H,1-2,10,13H2;3-5H,6,10H2,1-2H3;1-4H2/q2*+1;;/t25-;22-;;/m00../s1. The molecule has 1 saturated heterocycles. The van der Waals surface area contributed by atoms with E-state index >= 15 is 0 Å². The maximum Gasteiger partial charge on any atom is 0.514 e. The van der Waals surface area contributed by atoms with E-state index in [1.54, 1.807) is 39.5 Å². The van der Waals surface area contributed by atoms with Gasteiger partial charge in [-0.15, -0.1) is 0 Å². The summed E-state index contributed by atoms with van der Waals surface area (Å²) in [6, 6.07) is 24.1. The van der Waals surface area contributed by atoms with Crippen LogP contribution in [0.4, 0.5) is 32.8 Å². The minimum absolute atomic E-state index is 0.00552. The molecule has 2 atom stereocenters. The summed E-state index contributed by atoms with van der Waals surface area (Å²) in [5.41, 5.74) is 8.52. The minimum atomic E-state index is -3.09. The predicted molar refractivity (Wildman–Crippen MR) is 348 cm³/mol. The minimum Gasteiger partial charge on any atom is -0.493 e. The highest BCUT2D eigenvalue weighted by atomic mass is 35.5. The molecule has 3 fully saturated rings. The van der Waals surface area contributed by atoms with Gasteiger partial charge in [-0.1, -0.05) is 70.7 Å². The predicted octanol–water partition coefficient (Wildman–Crippen LogP) is 14.8. The molecule has 31 heteroatoms. The largest absolute Gasteiger partial charge is 0.514 e. The van der Waals surface area contributed by atoms with Gasteiger partial charge in [-0.2, -0.15) is 17.6 Å². The van der Waals surface area contributed by atoms with Crippen LogP contribution in [0, 0.1) is 22.0 Å². The molecule has 1 amide bonds. The van der Waals surface area contributed by atoms with Crippen LogP contribution < -0.4 is 57.8 Å². The van der Waals surface area contributed by atoms with E-state index in [1.165, 1.54) is 105 Å². The Morgan fingerprint density at radius 3 is 1.41 bits per heavy atom. The molecule has 4 N–H and O–H groups in total. The van der Waals surface area contributed by atoms with Crippen LogP contribution in [0.25, 0.3) is 0 Å². The molecule has 2 saturated carbocycles. The average molecular weight is 1450 g/mol. The van der Waals surface area contributed by atoms with Crippen molar-refractivity contribution in [2.75, 3.05) is 61.9 Å². The van der Waals surface area contributed by atoms with Gasteiger partial charge in [0.05, 0.1) is 46.6 Å². The van der Waals surface area contributed by atoms with Gasteiger partial charge < -0.3 is 67.5 Å². The van der Waals surface area contributed by atoms with Gasteiger partial charge in [0, 0.05) is 78.9 Å². The number of carbonyl (C=O) groups is 2. The highest BCUT2D eigenvalue weighted by molar-refractivity contribution is 6.36. The zero-order valence-corrected chi connectivity index (χ0v) is 56.8. The van der Waals surface area contributed by atoms with Crippen LogP contribution in [-0.2, 0) is 40.1 Å². The van der Waals surface area contributed by atoms with E-state index in [9.17, 15) is 47.7 Å². The Bertz CT molecular complexity index is 3730. The topological polar surface area (TPSA) is 266 Å². The van der Waals surface area contributed by atoms with Crippen molar-refractivity contribution in [1.82, 2.24) is 4.90 Å². The summed E-state index contributed by atoms with van der Waals surface area (Å²) in [5.74, 6) is 2.93. The highest BCUT2D eigenvalue weighted by Gasteiger charge is 2.30. The second-order valence-corrected chi connectivity index (χ2v) is 23.7. The Morgan fingerprint density at radius 1 is 0.602 bits per heavy atom. The number of hydrogen-bond donors (Lipinski definition) is 3. The fraction of sp³-hybridized carbons (Fsp3) is 0.373. The van der Waals surface area contributed by atoms with Crippen LogP contribution in [0.2, 0.25) is 20.1 Å². The van der Waals surface area contributed by atoms with Gasteiger partial charge in [0.1, 0.15) is 38.0 Å². The van der Waals surface area contributed by atoms with E-state index in [0.29, 0.717) is 74.8 Å². The number of benzene rings is 5. The van der Waals surface area contributed by atoms with Crippen molar-refractivity contribution in [2.45, 2.75) is 89.9 Å². The number of nitro benzene ring substituents is 1. The fourth-order valence-corrected chi connectivity index (χ4v) is 10.5. The molecule has 1 aliphatic heterocycles. The number of carbonyl (C=O) groups excluding carboxylic acids is 2. The maximum absolute atomic E-state index is 13.3. The van der Waals surface area contributed by atoms with Crippen LogP contribution in [0.1, 0.15) is 84.1 Å². The summed E-state index contributed by atoms with van der Waals surface area (Å²) >= 11 is 25.2. The second-order valence-electron chi connectivity index (χ2n) is 22.1. The number of nitrogens with zero attached hydrogens (tertiary/aromatic N) is 4. The van der Waals surface area contributed by atoms with Gasteiger partial charge in [-0.3, -0.25) is 20.5 Å². The second kappa shape index (κ2) is 37.8. The molecule has 10 rings (SSSR count). The van der Waals surface area contributed by atoms with Crippen LogP contribution in [0.15, 0.2) is 122 Å².